The molecule has 4 heteroatoms. The van der Waals surface area contributed by atoms with Gasteiger partial charge in [0.2, 0.25) is 0 Å². The predicted octanol–water partition coefficient (Wildman–Crippen LogP) is 4.46. The number of benzene rings is 1. The lowest BCUT2D eigenvalue weighted by atomic mass is 10.1. The molecule has 0 aliphatic carbocycles. The molecule has 90 valence electrons. The highest BCUT2D eigenvalue weighted by Gasteiger charge is 2.12. The largest absolute Gasteiger partial charge is 0.381 e. The van der Waals surface area contributed by atoms with E-state index in [2.05, 4.69) is 26.1 Å². The number of para-hydroxylation sites is 1. The van der Waals surface area contributed by atoms with Gasteiger partial charge in [0.25, 0.3) is 5.76 Å². The minimum Gasteiger partial charge on any atom is -0.381 e. The second kappa shape index (κ2) is 6.09. The summed E-state index contributed by atoms with van der Waals surface area (Å²) in [6.45, 7) is 6.25. The third-order valence-corrected chi connectivity index (χ3v) is 3.27. The van der Waals surface area contributed by atoms with Crippen molar-refractivity contribution in [3.63, 3.8) is 0 Å². The van der Waals surface area contributed by atoms with Gasteiger partial charge < -0.3 is 5.32 Å². The van der Waals surface area contributed by atoms with Gasteiger partial charge in [0.1, 0.15) is 0 Å². The fourth-order valence-corrected chi connectivity index (χ4v) is 1.80. The van der Waals surface area contributed by atoms with E-state index < -0.39 is 5.76 Å². The molecule has 0 saturated carbocycles. The summed E-state index contributed by atoms with van der Waals surface area (Å²) >= 11 is 0.583. The summed E-state index contributed by atoms with van der Waals surface area (Å²) in [5.41, 5.74) is 0.786. The molecule has 0 amide bonds. The molecule has 0 aliphatic rings. The van der Waals surface area contributed by atoms with Gasteiger partial charge in [0.05, 0.1) is 0 Å². The first kappa shape index (κ1) is 13.3. The lowest BCUT2D eigenvalue weighted by Gasteiger charge is -2.20. The molecule has 1 atom stereocenters. The predicted molar refractivity (Wildman–Crippen MR) is 66.2 cm³/mol. The maximum absolute atomic E-state index is 12.3. The summed E-state index contributed by atoms with van der Waals surface area (Å²) in [6, 6.07) is 7.44. The Kier molecular flexibility index (Phi) is 5.06. The van der Waals surface area contributed by atoms with Crippen molar-refractivity contribution in [3.05, 3.63) is 24.3 Å². The van der Waals surface area contributed by atoms with Crippen LogP contribution in [0.1, 0.15) is 20.8 Å². The second-order valence-corrected chi connectivity index (χ2v) is 5.08. The summed E-state index contributed by atoms with van der Waals surface area (Å²) < 4.78 is 24.7. The van der Waals surface area contributed by atoms with Crippen LogP contribution in [0.2, 0.25) is 0 Å². The maximum atomic E-state index is 12.3. The van der Waals surface area contributed by atoms with Crippen LogP contribution in [0.25, 0.3) is 0 Å². The van der Waals surface area contributed by atoms with Crippen LogP contribution in [-0.2, 0) is 0 Å². The van der Waals surface area contributed by atoms with Gasteiger partial charge in [0, 0.05) is 16.6 Å². The van der Waals surface area contributed by atoms with Crippen molar-refractivity contribution in [3.8, 4) is 0 Å². The van der Waals surface area contributed by atoms with E-state index in [4.69, 9.17) is 0 Å². The van der Waals surface area contributed by atoms with Crippen molar-refractivity contribution in [2.75, 3.05) is 5.32 Å². The molecular formula is C12H17F2NS. The van der Waals surface area contributed by atoms with E-state index in [-0.39, 0.29) is 6.04 Å². The van der Waals surface area contributed by atoms with Gasteiger partial charge in [-0.1, -0.05) is 37.7 Å². The quantitative estimate of drug-likeness (QED) is 0.769. The molecule has 1 unspecified atom stereocenters. The zero-order chi connectivity index (χ0) is 12.1. The number of rotatable bonds is 5. The molecule has 0 fully saturated rings. The van der Waals surface area contributed by atoms with Crippen molar-refractivity contribution >= 4 is 17.4 Å². The first-order valence-electron chi connectivity index (χ1n) is 5.31. The van der Waals surface area contributed by atoms with E-state index in [1.807, 2.05) is 12.1 Å². The van der Waals surface area contributed by atoms with E-state index in [9.17, 15) is 8.78 Å². The highest BCUT2D eigenvalue weighted by Crippen LogP contribution is 2.32. The highest BCUT2D eigenvalue weighted by molar-refractivity contribution is 7.99. The molecule has 0 spiro atoms. The number of alkyl halides is 2. The molecule has 0 radical (unpaired) electrons. The molecule has 0 aliphatic heterocycles. The van der Waals surface area contributed by atoms with Crippen LogP contribution in [0.4, 0.5) is 14.5 Å². The molecule has 0 bridgehead atoms. The number of halogens is 2. The standard InChI is InChI=1S/C12H17F2NS/c1-8(2)9(3)15-10-6-4-5-7-11(10)16-12(13)14/h4-9,12,15H,1-3H3. The van der Waals surface area contributed by atoms with Gasteiger partial charge in [-0.15, -0.1) is 0 Å². The van der Waals surface area contributed by atoms with Gasteiger partial charge in [-0.3, -0.25) is 0 Å². The molecule has 1 rings (SSSR count). The van der Waals surface area contributed by atoms with E-state index in [1.165, 1.54) is 0 Å². The lowest BCUT2D eigenvalue weighted by Crippen LogP contribution is -2.21. The summed E-state index contributed by atoms with van der Waals surface area (Å²) in [5.74, 6) is -1.91. The molecule has 1 N–H and O–H groups in total. The first-order chi connectivity index (χ1) is 7.50. The average molecular weight is 245 g/mol. The Morgan fingerprint density at radius 1 is 1.12 bits per heavy atom. The fourth-order valence-electron chi connectivity index (χ4n) is 1.20. The maximum Gasteiger partial charge on any atom is 0.288 e. The Morgan fingerprint density at radius 2 is 1.75 bits per heavy atom. The van der Waals surface area contributed by atoms with Crippen LogP contribution in [0.15, 0.2) is 29.2 Å². The Balaban J connectivity index is 2.78. The summed E-state index contributed by atoms with van der Waals surface area (Å²) in [7, 11) is 0. The van der Waals surface area contributed by atoms with Crippen LogP contribution in [0.5, 0.6) is 0 Å². The molecule has 1 aromatic rings. The lowest BCUT2D eigenvalue weighted by molar-refractivity contribution is 0.252. The second-order valence-electron chi connectivity index (χ2n) is 4.05. The zero-order valence-corrected chi connectivity index (χ0v) is 10.5. The minimum atomic E-state index is -2.38. The topological polar surface area (TPSA) is 12.0 Å². The Bertz CT molecular complexity index is 329. The molecule has 0 saturated heterocycles. The monoisotopic (exact) mass is 245 g/mol. The van der Waals surface area contributed by atoms with Gasteiger partial charge >= 0.3 is 0 Å². The van der Waals surface area contributed by atoms with E-state index in [0.717, 1.165) is 5.69 Å². The Hall–Kier alpha value is -0.770. The van der Waals surface area contributed by atoms with Gasteiger partial charge in [-0.05, 0) is 25.0 Å². The smallest absolute Gasteiger partial charge is 0.288 e. The van der Waals surface area contributed by atoms with Gasteiger partial charge in [-0.2, -0.15) is 8.78 Å². The van der Waals surface area contributed by atoms with Crippen LogP contribution >= 0.6 is 11.8 Å². The Morgan fingerprint density at radius 3 is 2.31 bits per heavy atom. The van der Waals surface area contributed by atoms with Gasteiger partial charge in [-0.25, -0.2) is 0 Å². The molecule has 0 aromatic heterocycles. The molecular weight excluding hydrogens is 228 g/mol. The third kappa shape index (κ3) is 4.00. The number of hydrogen-bond acceptors (Lipinski definition) is 2. The molecule has 1 nitrogen and oxygen atoms in total. The molecule has 0 heterocycles. The van der Waals surface area contributed by atoms with Crippen LogP contribution in [0.3, 0.4) is 0 Å². The van der Waals surface area contributed by atoms with Crippen LogP contribution in [0, 0.1) is 5.92 Å². The van der Waals surface area contributed by atoms with Gasteiger partial charge in [0.15, 0.2) is 0 Å². The molecule has 1 aromatic carbocycles. The summed E-state index contributed by atoms with van der Waals surface area (Å²) in [6.07, 6.45) is 0. The average Bonchev–Trinajstić information content (AvgIpc) is 2.20. The van der Waals surface area contributed by atoms with Crippen molar-refractivity contribution in [2.24, 2.45) is 5.92 Å². The van der Waals surface area contributed by atoms with Crippen molar-refractivity contribution in [1.82, 2.24) is 0 Å². The number of thioether (sulfide) groups is 1. The first-order valence-corrected chi connectivity index (χ1v) is 6.19. The number of nitrogens with one attached hydrogen (secondary N) is 1. The van der Waals surface area contributed by atoms with Crippen LogP contribution < -0.4 is 5.32 Å². The SMILES string of the molecule is CC(C)C(C)Nc1ccccc1SC(F)F. The normalized spacial score (nSPS) is 13.2. The molecule has 16 heavy (non-hydrogen) atoms. The van der Waals surface area contributed by atoms with Crippen molar-refractivity contribution in [1.29, 1.82) is 0 Å². The fraction of sp³-hybridized carbons (Fsp3) is 0.500. The van der Waals surface area contributed by atoms with Crippen molar-refractivity contribution in [2.45, 2.75) is 37.5 Å². The third-order valence-electron chi connectivity index (χ3n) is 2.49. The highest BCUT2D eigenvalue weighted by atomic mass is 32.2. The van der Waals surface area contributed by atoms with E-state index in [0.29, 0.717) is 22.6 Å². The summed E-state index contributed by atoms with van der Waals surface area (Å²) in [4.78, 5) is 0.602. The summed E-state index contributed by atoms with van der Waals surface area (Å²) in [5, 5.41) is 3.26. The number of anilines is 1. The Labute approximate surface area is 99.6 Å². The zero-order valence-electron chi connectivity index (χ0n) is 9.71. The van der Waals surface area contributed by atoms with E-state index >= 15 is 0 Å². The van der Waals surface area contributed by atoms with Crippen LogP contribution in [-0.4, -0.2) is 11.8 Å². The minimum absolute atomic E-state index is 0.263. The van der Waals surface area contributed by atoms with Crippen molar-refractivity contribution < 1.29 is 8.78 Å². The number of hydrogen-bond donors (Lipinski definition) is 1. The van der Waals surface area contributed by atoms with E-state index in [1.54, 1.807) is 12.1 Å².